The second kappa shape index (κ2) is 3.17. The Morgan fingerprint density at radius 3 is 3.20 bits per heavy atom. The highest BCUT2D eigenvalue weighted by Crippen LogP contribution is 2.38. The average molecular weight is 208 g/mol. The Bertz CT molecular complexity index is 408. The summed E-state index contributed by atoms with van der Waals surface area (Å²) in [6.07, 6.45) is 4.72. The highest BCUT2D eigenvalue weighted by Gasteiger charge is 2.34. The van der Waals surface area contributed by atoms with Crippen molar-refractivity contribution in [2.75, 3.05) is 7.11 Å². The molecule has 1 fully saturated rings. The van der Waals surface area contributed by atoms with E-state index in [0.717, 1.165) is 30.4 Å². The van der Waals surface area contributed by atoms with E-state index in [1.807, 2.05) is 0 Å². The number of methoxy groups -OCH3 is 1. The Labute approximate surface area is 87.7 Å². The zero-order chi connectivity index (χ0) is 10.4. The standard InChI is InChI=1S/C11H13FN2O/c1-15-11-10(12)7-4-6-2-3-9(14-6)8(7)5-13-11/h5-6,9,14H,2-4H2,1H3. The molecule has 2 aliphatic heterocycles. The van der Waals surface area contributed by atoms with Crippen molar-refractivity contribution in [1.82, 2.24) is 10.3 Å². The van der Waals surface area contributed by atoms with Gasteiger partial charge in [-0.25, -0.2) is 9.37 Å². The summed E-state index contributed by atoms with van der Waals surface area (Å²) in [5.74, 6) is -0.150. The summed E-state index contributed by atoms with van der Waals surface area (Å²) in [4.78, 5) is 3.99. The molecule has 0 amide bonds. The van der Waals surface area contributed by atoms with Gasteiger partial charge in [0.2, 0.25) is 5.88 Å². The molecular formula is C11H13FN2O. The van der Waals surface area contributed by atoms with Crippen LogP contribution in [0, 0.1) is 5.82 Å². The van der Waals surface area contributed by atoms with Crippen LogP contribution in [0.1, 0.15) is 30.0 Å². The molecule has 1 saturated heterocycles. The number of ether oxygens (including phenoxy) is 1. The third kappa shape index (κ3) is 1.24. The Hall–Kier alpha value is -1.16. The molecule has 0 aliphatic carbocycles. The molecule has 1 aromatic heterocycles. The van der Waals surface area contributed by atoms with Gasteiger partial charge in [0.25, 0.3) is 0 Å². The van der Waals surface area contributed by atoms with Gasteiger partial charge in [-0.2, -0.15) is 0 Å². The normalized spacial score (nSPS) is 27.6. The fraction of sp³-hybridized carbons (Fsp3) is 0.545. The number of nitrogens with one attached hydrogen (secondary N) is 1. The number of fused-ring (bicyclic) bond motifs is 4. The molecule has 0 saturated carbocycles. The summed E-state index contributed by atoms with van der Waals surface area (Å²) in [5.41, 5.74) is 1.81. The molecule has 2 atom stereocenters. The van der Waals surface area contributed by atoms with Crippen LogP contribution in [-0.4, -0.2) is 18.1 Å². The van der Waals surface area contributed by atoms with Gasteiger partial charge >= 0.3 is 0 Å². The van der Waals surface area contributed by atoms with Crippen LogP contribution in [0.5, 0.6) is 5.88 Å². The first-order valence-electron chi connectivity index (χ1n) is 5.27. The average Bonchev–Trinajstić information content (AvgIpc) is 2.63. The number of aromatic nitrogens is 1. The number of rotatable bonds is 1. The van der Waals surface area contributed by atoms with Crippen LogP contribution in [-0.2, 0) is 6.42 Å². The quantitative estimate of drug-likeness (QED) is 0.760. The van der Waals surface area contributed by atoms with Gasteiger partial charge in [0.05, 0.1) is 7.11 Å². The van der Waals surface area contributed by atoms with Crippen molar-refractivity contribution in [2.24, 2.45) is 0 Å². The maximum Gasteiger partial charge on any atom is 0.250 e. The molecule has 0 aromatic carbocycles. The van der Waals surface area contributed by atoms with E-state index in [9.17, 15) is 4.39 Å². The predicted molar refractivity (Wildman–Crippen MR) is 53.3 cm³/mol. The zero-order valence-electron chi connectivity index (χ0n) is 8.59. The van der Waals surface area contributed by atoms with Crippen molar-refractivity contribution in [1.29, 1.82) is 0 Å². The van der Waals surface area contributed by atoms with Gasteiger partial charge in [0.15, 0.2) is 5.82 Å². The SMILES string of the molecule is COc1ncc2c(c1F)CC1CCC2N1. The summed E-state index contributed by atoms with van der Waals surface area (Å²) in [6.45, 7) is 0. The Balaban J connectivity index is 2.13. The molecule has 0 spiro atoms. The van der Waals surface area contributed by atoms with Crippen LogP contribution < -0.4 is 10.1 Å². The van der Waals surface area contributed by atoms with Gasteiger partial charge in [-0.05, 0) is 24.8 Å². The molecule has 2 aliphatic rings. The van der Waals surface area contributed by atoms with Crippen LogP contribution >= 0.6 is 0 Å². The molecule has 15 heavy (non-hydrogen) atoms. The lowest BCUT2D eigenvalue weighted by Crippen LogP contribution is -2.32. The third-order valence-corrected chi connectivity index (χ3v) is 3.38. The van der Waals surface area contributed by atoms with E-state index in [1.165, 1.54) is 7.11 Å². The van der Waals surface area contributed by atoms with Crippen molar-refractivity contribution < 1.29 is 9.13 Å². The summed E-state index contributed by atoms with van der Waals surface area (Å²) in [7, 11) is 1.45. The van der Waals surface area contributed by atoms with Crippen molar-refractivity contribution in [2.45, 2.75) is 31.3 Å². The second-order valence-corrected chi connectivity index (χ2v) is 4.21. The van der Waals surface area contributed by atoms with Gasteiger partial charge in [-0.15, -0.1) is 0 Å². The minimum Gasteiger partial charge on any atom is -0.479 e. The summed E-state index contributed by atoms with van der Waals surface area (Å²) in [5, 5.41) is 3.46. The van der Waals surface area contributed by atoms with Gasteiger partial charge in [0, 0.05) is 23.8 Å². The molecule has 3 nitrogen and oxygen atoms in total. The minimum atomic E-state index is -0.270. The van der Waals surface area contributed by atoms with Crippen molar-refractivity contribution >= 4 is 0 Å². The molecule has 1 aromatic rings. The van der Waals surface area contributed by atoms with E-state index < -0.39 is 0 Å². The van der Waals surface area contributed by atoms with E-state index in [4.69, 9.17) is 4.74 Å². The Kier molecular flexibility index (Phi) is 1.92. The van der Waals surface area contributed by atoms with Crippen LogP contribution in [0.25, 0.3) is 0 Å². The first-order valence-corrected chi connectivity index (χ1v) is 5.27. The molecule has 80 valence electrons. The number of nitrogens with zero attached hydrogens (tertiary/aromatic N) is 1. The van der Waals surface area contributed by atoms with Crippen molar-refractivity contribution in [3.05, 3.63) is 23.1 Å². The van der Waals surface area contributed by atoms with E-state index in [1.54, 1.807) is 6.20 Å². The monoisotopic (exact) mass is 208 g/mol. The lowest BCUT2D eigenvalue weighted by molar-refractivity contribution is 0.361. The molecule has 3 rings (SSSR count). The minimum absolute atomic E-state index is 0.120. The highest BCUT2D eigenvalue weighted by molar-refractivity contribution is 5.37. The first kappa shape index (κ1) is 9.09. The van der Waals surface area contributed by atoms with E-state index in [-0.39, 0.29) is 11.7 Å². The summed E-state index contributed by atoms with van der Waals surface area (Å²) >= 11 is 0. The van der Waals surface area contributed by atoms with Crippen LogP contribution in [0.4, 0.5) is 4.39 Å². The van der Waals surface area contributed by atoms with Crippen molar-refractivity contribution in [3.63, 3.8) is 0 Å². The van der Waals surface area contributed by atoms with Crippen LogP contribution in [0.15, 0.2) is 6.20 Å². The van der Waals surface area contributed by atoms with Gasteiger partial charge in [-0.1, -0.05) is 0 Å². The fourth-order valence-corrected chi connectivity index (χ4v) is 2.64. The zero-order valence-corrected chi connectivity index (χ0v) is 8.59. The van der Waals surface area contributed by atoms with E-state index in [2.05, 4.69) is 10.3 Å². The lowest BCUT2D eigenvalue weighted by Gasteiger charge is -2.24. The van der Waals surface area contributed by atoms with E-state index in [0.29, 0.717) is 12.1 Å². The van der Waals surface area contributed by atoms with Gasteiger partial charge in [-0.3, -0.25) is 0 Å². The topological polar surface area (TPSA) is 34.1 Å². The first-order chi connectivity index (χ1) is 7.29. The molecular weight excluding hydrogens is 195 g/mol. The molecule has 4 heteroatoms. The Morgan fingerprint density at radius 1 is 1.53 bits per heavy atom. The van der Waals surface area contributed by atoms with Crippen molar-refractivity contribution in [3.8, 4) is 5.88 Å². The molecule has 2 bridgehead atoms. The highest BCUT2D eigenvalue weighted by atomic mass is 19.1. The molecule has 2 unspecified atom stereocenters. The Morgan fingerprint density at radius 2 is 2.40 bits per heavy atom. The number of halogens is 1. The van der Waals surface area contributed by atoms with Crippen LogP contribution in [0.2, 0.25) is 0 Å². The van der Waals surface area contributed by atoms with Gasteiger partial charge in [0.1, 0.15) is 0 Å². The number of hydrogen-bond acceptors (Lipinski definition) is 3. The molecule has 3 heterocycles. The van der Waals surface area contributed by atoms with E-state index >= 15 is 0 Å². The third-order valence-electron chi connectivity index (χ3n) is 3.38. The summed E-state index contributed by atoms with van der Waals surface area (Å²) < 4.78 is 18.8. The second-order valence-electron chi connectivity index (χ2n) is 4.21. The predicted octanol–water partition coefficient (Wildman–Crippen LogP) is 1.58. The largest absolute Gasteiger partial charge is 0.479 e. The summed E-state index contributed by atoms with van der Waals surface area (Å²) in [6, 6.07) is 0.732. The smallest absolute Gasteiger partial charge is 0.250 e. The maximum atomic E-state index is 13.9. The van der Waals surface area contributed by atoms with Gasteiger partial charge < -0.3 is 10.1 Å². The number of hydrogen-bond donors (Lipinski definition) is 1. The lowest BCUT2D eigenvalue weighted by atomic mass is 9.97. The fourth-order valence-electron chi connectivity index (χ4n) is 2.64. The molecule has 0 radical (unpaired) electrons. The maximum absolute atomic E-state index is 13.9. The number of pyridine rings is 1. The van der Waals surface area contributed by atoms with Crippen LogP contribution in [0.3, 0.4) is 0 Å². The molecule has 1 N–H and O–H groups in total.